The third-order valence-electron chi connectivity index (χ3n) is 4.18. The lowest BCUT2D eigenvalue weighted by atomic mass is 10.2. The first-order chi connectivity index (χ1) is 14.1. The number of benzene rings is 2. The number of nitrogens with one attached hydrogen (secondary N) is 1. The van der Waals surface area contributed by atoms with Crippen LogP contribution < -0.4 is 14.4 Å². The number of rotatable bonds is 10. The van der Waals surface area contributed by atoms with Gasteiger partial charge in [0.25, 0.3) is 5.91 Å². The van der Waals surface area contributed by atoms with Gasteiger partial charge in [-0.05, 0) is 48.9 Å². The van der Waals surface area contributed by atoms with Gasteiger partial charge < -0.3 is 10.1 Å². The molecule has 0 fully saturated rings. The number of carbonyl (C=O) groups excluding carboxylic acids is 1. The zero-order valence-corrected chi connectivity index (χ0v) is 20.0. The number of amides is 1. The molecule has 0 aromatic heterocycles. The van der Waals surface area contributed by atoms with E-state index in [-0.39, 0.29) is 5.91 Å². The van der Waals surface area contributed by atoms with E-state index in [1.807, 2.05) is 12.1 Å². The van der Waals surface area contributed by atoms with E-state index in [0.717, 1.165) is 23.3 Å². The van der Waals surface area contributed by atoms with Gasteiger partial charge in [-0.2, -0.15) is 11.8 Å². The number of nitrogens with zero attached hydrogens (tertiary/aromatic N) is 1. The number of anilines is 1. The summed E-state index contributed by atoms with van der Waals surface area (Å²) in [6, 6.07) is 12.1. The van der Waals surface area contributed by atoms with Gasteiger partial charge in [-0.1, -0.05) is 29.3 Å². The van der Waals surface area contributed by atoms with E-state index in [1.165, 1.54) is 11.4 Å². The fraction of sp³-hybridized carbons (Fsp3) is 0.350. The van der Waals surface area contributed by atoms with Crippen molar-refractivity contribution in [1.29, 1.82) is 0 Å². The van der Waals surface area contributed by atoms with Crippen molar-refractivity contribution in [3.63, 3.8) is 0 Å². The highest BCUT2D eigenvalue weighted by Gasteiger charge is 2.15. The molecule has 1 amide bonds. The molecule has 6 nitrogen and oxygen atoms in total. The van der Waals surface area contributed by atoms with Crippen molar-refractivity contribution in [3.05, 3.63) is 58.1 Å². The number of sulfonamides is 1. The fourth-order valence-corrected chi connectivity index (χ4v) is 4.02. The van der Waals surface area contributed by atoms with Crippen LogP contribution in [0.1, 0.15) is 12.5 Å². The van der Waals surface area contributed by atoms with Gasteiger partial charge >= 0.3 is 0 Å². The van der Waals surface area contributed by atoms with Crippen LogP contribution in [0.2, 0.25) is 10.0 Å². The smallest absolute Gasteiger partial charge is 0.260 e. The molecule has 1 atom stereocenters. The summed E-state index contributed by atoms with van der Waals surface area (Å²) in [5.74, 6) is 1.78. The summed E-state index contributed by atoms with van der Waals surface area (Å²) in [5.41, 5.74) is 1.59. The molecule has 2 rings (SSSR count). The molecule has 0 aliphatic carbocycles. The van der Waals surface area contributed by atoms with Gasteiger partial charge in [0.2, 0.25) is 10.0 Å². The van der Waals surface area contributed by atoms with Crippen molar-refractivity contribution >= 4 is 56.6 Å². The molecule has 1 N–H and O–H groups in total. The molecule has 0 spiro atoms. The molecule has 0 saturated heterocycles. The first-order valence-corrected chi connectivity index (χ1v) is 12.8. The predicted molar refractivity (Wildman–Crippen MR) is 125 cm³/mol. The van der Waals surface area contributed by atoms with E-state index >= 15 is 0 Å². The van der Waals surface area contributed by atoms with E-state index in [9.17, 15) is 13.2 Å². The minimum atomic E-state index is -3.33. The lowest BCUT2D eigenvalue weighted by Crippen LogP contribution is -2.37. The van der Waals surface area contributed by atoms with Gasteiger partial charge in [0.15, 0.2) is 6.10 Å². The topological polar surface area (TPSA) is 75.7 Å². The SMILES string of the molecule is CC(Oc1ccc(N(C)S(C)(=O)=O)cc1)C(=O)NCCSCc1ccc(Cl)c(Cl)c1. The molecule has 0 heterocycles. The molecule has 0 saturated carbocycles. The second kappa shape index (κ2) is 11.1. The third-order valence-corrected chi connectivity index (χ3v) is 7.15. The normalized spacial score (nSPS) is 12.3. The average Bonchev–Trinajstić information content (AvgIpc) is 2.69. The Hall–Kier alpha value is -1.61. The summed E-state index contributed by atoms with van der Waals surface area (Å²) in [5, 5.41) is 3.90. The second-order valence-electron chi connectivity index (χ2n) is 6.58. The zero-order chi connectivity index (χ0) is 22.3. The maximum Gasteiger partial charge on any atom is 0.260 e. The first-order valence-electron chi connectivity index (χ1n) is 9.08. The monoisotopic (exact) mass is 490 g/mol. The highest BCUT2D eigenvalue weighted by Crippen LogP contribution is 2.24. The van der Waals surface area contributed by atoms with Crippen LogP contribution in [0.5, 0.6) is 5.75 Å². The van der Waals surface area contributed by atoms with Crippen molar-refractivity contribution < 1.29 is 17.9 Å². The average molecular weight is 491 g/mol. The standard InChI is InChI=1S/C20H24Cl2N2O4S2/c1-14(28-17-7-5-16(6-8-17)24(2)30(3,26)27)20(25)23-10-11-29-13-15-4-9-18(21)19(22)12-15/h4-9,12,14H,10-11,13H2,1-3H3,(H,23,25). The Morgan fingerprint density at radius 2 is 1.83 bits per heavy atom. The van der Waals surface area contributed by atoms with Crippen LogP contribution >= 0.6 is 35.0 Å². The van der Waals surface area contributed by atoms with E-state index in [4.69, 9.17) is 27.9 Å². The highest BCUT2D eigenvalue weighted by molar-refractivity contribution is 7.98. The Bertz CT molecular complexity index is 969. The van der Waals surface area contributed by atoms with Crippen LogP contribution in [-0.4, -0.2) is 46.0 Å². The summed E-state index contributed by atoms with van der Waals surface area (Å²) in [7, 11) is -1.86. The van der Waals surface area contributed by atoms with E-state index in [2.05, 4.69) is 5.32 Å². The Morgan fingerprint density at radius 1 is 1.17 bits per heavy atom. The molecule has 164 valence electrons. The minimum absolute atomic E-state index is 0.220. The summed E-state index contributed by atoms with van der Waals surface area (Å²) >= 11 is 13.6. The largest absolute Gasteiger partial charge is 0.481 e. The molecule has 0 aliphatic heterocycles. The molecular weight excluding hydrogens is 467 g/mol. The number of hydrogen-bond acceptors (Lipinski definition) is 5. The van der Waals surface area contributed by atoms with Gasteiger partial charge in [-0.25, -0.2) is 8.42 Å². The summed E-state index contributed by atoms with van der Waals surface area (Å²) < 4.78 is 29.9. The maximum absolute atomic E-state index is 12.2. The Labute approximate surface area is 191 Å². The van der Waals surface area contributed by atoms with Crippen LogP contribution in [0, 0.1) is 0 Å². The molecule has 10 heteroatoms. The Morgan fingerprint density at radius 3 is 2.43 bits per heavy atom. The molecule has 30 heavy (non-hydrogen) atoms. The molecular formula is C20H24Cl2N2O4S2. The first kappa shape index (κ1) is 24.7. The molecule has 0 radical (unpaired) electrons. The van der Waals surface area contributed by atoms with Gasteiger partial charge in [0.05, 0.1) is 22.0 Å². The van der Waals surface area contributed by atoms with E-state index in [1.54, 1.807) is 49.0 Å². The van der Waals surface area contributed by atoms with Gasteiger partial charge in [-0.3, -0.25) is 9.10 Å². The van der Waals surface area contributed by atoms with Crippen LogP contribution in [0.15, 0.2) is 42.5 Å². The highest BCUT2D eigenvalue weighted by atomic mass is 35.5. The predicted octanol–water partition coefficient (Wildman–Crippen LogP) is 4.21. The number of hydrogen-bond donors (Lipinski definition) is 1. The maximum atomic E-state index is 12.2. The summed E-state index contributed by atoms with van der Waals surface area (Å²) in [6.45, 7) is 2.17. The number of halogens is 2. The summed E-state index contributed by atoms with van der Waals surface area (Å²) in [6.07, 6.45) is 0.454. The van der Waals surface area contributed by atoms with Gasteiger partial charge in [0.1, 0.15) is 5.75 Å². The lowest BCUT2D eigenvalue weighted by molar-refractivity contribution is -0.127. The van der Waals surface area contributed by atoms with Crippen LogP contribution in [0.25, 0.3) is 0 Å². The molecule has 1 unspecified atom stereocenters. The van der Waals surface area contributed by atoms with E-state index < -0.39 is 16.1 Å². The number of thioether (sulfide) groups is 1. The number of carbonyl (C=O) groups is 1. The molecule has 0 bridgehead atoms. The van der Waals surface area contributed by atoms with Gasteiger partial charge in [0, 0.05) is 25.1 Å². The van der Waals surface area contributed by atoms with Crippen molar-refractivity contribution in [1.82, 2.24) is 5.32 Å². The van der Waals surface area contributed by atoms with E-state index in [0.29, 0.717) is 28.0 Å². The minimum Gasteiger partial charge on any atom is -0.481 e. The van der Waals surface area contributed by atoms with Crippen molar-refractivity contribution in [2.24, 2.45) is 0 Å². The molecule has 0 aliphatic rings. The van der Waals surface area contributed by atoms with Crippen LogP contribution in [0.3, 0.4) is 0 Å². The summed E-state index contributed by atoms with van der Waals surface area (Å²) in [4.78, 5) is 12.2. The second-order valence-corrected chi connectivity index (χ2v) is 10.5. The molecule has 2 aromatic rings. The van der Waals surface area contributed by atoms with Crippen LogP contribution in [-0.2, 0) is 20.6 Å². The lowest BCUT2D eigenvalue weighted by Gasteiger charge is -2.18. The van der Waals surface area contributed by atoms with Crippen LogP contribution in [0.4, 0.5) is 5.69 Å². The van der Waals surface area contributed by atoms with Crippen molar-refractivity contribution in [3.8, 4) is 5.75 Å². The van der Waals surface area contributed by atoms with Crippen molar-refractivity contribution in [2.75, 3.05) is 29.9 Å². The van der Waals surface area contributed by atoms with Crippen molar-refractivity contribution in [2.45, 2.75) is 18.8 Å². The zero-order valence-electron chi connectivity index (χ0n) is 16.9. The Kier molecular flexibility index (Phi) is 9.15. The van der Waals surface area contributed by atoms with Gasteiger partial charge in [-0.15, -0.1) is 0 Å². The quantitative estimate of drug-likeness (QED) is 0.504. The Balaban J connectivity index is 1.73. The third kappa shape index (κ3) is 7.58. The number of ether oxygens (including phenoxy) is 1. The fourth-order valence-electron chi connectivity index (χ4n) is 2.39. The molecule has 2 aromatic carbocycles.